The number of carbonyl (C=O) groups is 2. The lowest BCUT2D eigenvalue weighted by molar-refractivity contribution is 0.0520. The molecule has 1 amide bonds. The second-order valence-electron chi connectivity index (χ2n) is 5.43. The monoisotopic (exact) mass is 362 g/mol. The van der Waals surface area contributed by atoms with E-state index in [1.807, 2.05) is 31.2 Å². The van der Waals surface area contributed by atoms with Crippen LogP contribution in [0.25, 0.3) is 0 Å². The highest BCUT2D eigenvalue weighted by atomic mass is 32.1. The van der Waals surface area contributed by atoms with Gasteiger partial charge in [-0.25, -0.2) is 9.78 Å². The maximum absolute atomic E-state index is 12.8. The van der Waals surface area contributed by atoms with E-state index >= 15 is 0 Å². The van der Waals surface area contributed by atoms with E-state index in [-0.39, 0.29) is 11.6 Å². The maximum Gasteiger partial charge on any atom is 0.357 e. The van der Waals surface area contributed by atoms with Crippen molar-refractivity contribution in [2.45, 2.75) is 20.4 Å². The molecule has 0 N–H and O–H groups in total. The molecule has 0 fully saturated rings. The first-order valence-corrected chi connectivity index (χ1v) is 8.89. The van der Waals surface area contributed by atoms with Crippen molar-refractivity contribution in [3.63, 3.8) is 0 Å². The third kappa shape index (κ3) is 5.37. The van der Waals surface area contributed by atoms with Gasteiger partial charge in [0.25, 0.3) is 5.91 Å². The summed E-state index contributed by atoms with van der Waals surface area (Å²) in [6, 6.07) is 7.43. The Hall–Kier alpha value is -2.25. The van der Waals surface area contributed by atoms with Gasteiger partial charge in [-0.1, -0.05) is 17.7 Å². The molecule has 0 saturated carbocycles. The van der Waals surface area contributed by atoms with Crippen molar-refractivity contribution in [1.82, 2.24) is 9.88 Å². The van der Waals surface area contributed by atoms with Crippen molar-refractivity contribution in [1.29, 1.82) is 0 Å². The van der Waals surface area contributed by atoms with Gasteiger partial charge >= 0.3 is 5.97 Å². The summed E-state index contributed by atoms with van der Waals surface area (Å²) in [5.74, 6) is -0.539. The van der Waals surface area contributed by atoms with E-state index < -0.39 is 5.97 Å². The maximum atomic E-state index is 12.8. The average molecular weight is 362 g/mol. The Balaban J connectivity index is 2.13. The van der Waals surface area contributed by atoms with Gasteiger partial charge in [0.1, 0.15) is 5.01 Å². The van der Waals surface area contributed by atoms with Gasteiger partial charge < -0.3 is 14.4 Å². The van der Waals surface area contributed by atoms with Gasteiger partial charge in [-0.15, -0.1) is 11.3 Å². The molecule has 0 aliphatic carbocycles. The predicted octanol–water partition coefficient (Wildman–Crippen LogP) is 2.92. The number of hydrogen-bond acceptors (Lipinski definition) is 6. The van der Waals surface area contributed by atoms with Crippen molar-refractivity contribution in [3.05, 3.63) is 51.5 Å². The van der Waals surface area contributed by atoms with Crippen LogP contribution < -0.4 is 0 Å². The summed E-state index contributed by atoms with van der Waals surface area (Å²) in [6.07, 6.45) is 0. The van der Waals surface area contributed by atoms with Gasteiger partial charge in [-0.2, -0.15) is 0 Å². The van der Waals surface area contributed by atoms with Crippen molar-refractivity contribution in [2.24, 2.45) is 0 Å². The molecule has 7 heteroatoms. The van der Waals surface area contributed by atoms with Gasteiger partial charge in [0.05, 0.1) is 19.8 Å². The minimum atomic E-state index is -0.446. The first kappa shape index (κ1) is 19.1. The van der Waals surface area contributed by atoms with Crippen LogP contribution in [0.4, 0.5) is 0 Å². The van der Waals surface area contributed by atoms with Crippen molar-refractivity contribution < 1.29 is 19.1 Å². The lowest BCUT2D eigenvalue weighted by Crippen LogP contribution is -2.33. The Morgan fingerprint density at radius 2 is 1.96 bits per heavy atom. The minimum absolute atomic E-state index is 0.0927. The molecule has 2 aromatic rings. The number of nitrogens with zero attached hydrogens (tertiary/aromatic N) is 2. The number of aryl methyl sites for hydroxylation is 1. The zero-order chi connectivity index (χ0) is 18.2. The largest absolute Gasteiger partial charge is 0.461 e. The summed E-state index contributed by atoms with van der Waals surface area (Å²) in [5.41, 5.74) is 1.99. The molecule has 25 heavy (non-hydrogen) atoms. The SMILES string of the molecule is CCOC(=O)c1csc(CN(CCOC)C(=O)c2ccc(C)cc2)n1. The third-order valence-electron chi connectivity index (χ3n) is 3.51. The molecule has 0 saturated heterocycles. The number of amides is 1. The number of rotatable bonds is 8. The molecule has 1 aromatic carbocycles. The second kappa shape index (κ2) is 9.29. The molecule has 6 nitrogen and oxygen atoms in total. The van der Waals surface area contributed by atoms with Crippen LogP contribution in [-0.4, -0.2) is 48.6 Å². The second-order valence-corrected chi connectivity index (χ2v) is 6.38. The summed E-state index contributed by atoms with van der Waals surface area (Å²) in [6.45, 7) is 5.21. The summed E-state index contributed by atoms with van der Waals surface area (Å²) < 4.78 is 10.0. The molecule has 0 atom stereocenters. The molecule has 134 valence electrons. The number of benzene rings is 1. The van der Waals surface area contributed by atoms with Crippen LogP contribution in [0.2, 0.25) is 0 Å². The standard InChI is InChI=1S/C18H22N2O4S/c1-4-24-18(22)15-12-25-16(19-15)11-20(9-10-23-3)17(21)14-7-5-13(2)6-8-14/h5-8,12H,4,9-11H2,1-3H3. The van der Waals surface area contributed by atoms with E-state index in [9.17, 15) is 9.59 Å². The molecular formula is C18H22N2O4S. The quantitative estimate of drug-likeness (QED) is 0.676. The fourth-order valence-electron chi connectivity index (χ4n) is 2.18. The van der Waals surface area contributed by atoms with Crippen LogP contribution in [0, 0.1) is 6.92 Å². The van der Waals surface area contributed by atoms with Crippen LogP contribution in [0.15, 0.2) is 29.6 Å². The van der Waals surface area contributed by atoms with Crippen LogP contribution in [0.1, 0.15) is 38.3 Å². The molecule has 0 aliphatic heterocycles. The van der Waals surface area contributed by atoms with Gasteiger partial charge in [0.2, 0.25) is 0 Å². The van der Waals surface area contributed by atoms with E-state index in [0.29, 0.717) is 36.9 Å². The predicted molar refractivity (Wildman–Crippen MR) is 95.9 cm³/mol. The normalized spacial score (nSPS) is 10.5. The third-order valence-corrected chi connectivity index (χ3v) is 4.35. The number of thiazole rings is 1. The van der Waals surface area contributed by atoms with Crippen LogP contribution in [0.5, 0.6) is 0 Å². The Morgan fingerprint density at radius 1 is 1.24 bits per heavy atom. The fourth-order valence-corrected chi connectivity index (χ4v) is 2.96. The van der Waals surface area contributed by atoms with Crippen LogP contribution >= 0.6 is 11.3 Å². The Bertz CT molecular complexity index is 712. The zero-order valence-corrected chi connectivity index (χ0v) is 15.5. The van der Waals surface area contributed by atoms with Gasteiger partial charge in [-0.05, 0) is 26.0 Å². The van der Waals surface area contributed by atoms with E-state index in [4.69, 9.17) is 9.47 Å². The Morgan fingerprint density at radius 3 is 2.60 bits per heavy atom. The molecule has 0 unspecified atom stereocenters. The van der Waals surface area contributed by atoms with E-state index in [2.05, 4.69) is 4.98 Å². The summed E-state index contributed by atoms with van der Waals surface area (Å²) in [5, 5.41) is 2.33. The lowest BCUT2D eigenvalue weighted by Gasteiger charge is -2.21. The van der Waals surface area contributed by atoms with Crippen LogP contribution in [-0.2, 0) is 16.0 Å². The van der Waals surface area contributed by atoms with E-state index in [0.717, 1.165) is 5.56 Å². The summed E-state index contributed by atoms with van der Waals surface area (Å²) in [4.78, 5) is 30.4. The van der Waals surface area contributed by atoms with Crippen molar-refractivity contribution >= 4 is 23.2 Å². The molecule has 1 heterocycles. The average Bonchev–Trinajstić information content (AvgIpc) is 3.07. The van der Waals surface area contributed by atoms with E-state index in [1.165, 1.54) is 11.3 Å². The highest BCUT2D eigenvalue weighted by Gasteiger charge is 2.19. The number of ether oxygens (including phenoxy) is 2. The lowest BCUT2D eigenvalue weighted by atomic mass is 10.1. The van der Waals surface area contributed by atoms with Crippen molar-refractivity contribution in [3.8, 4) is 0 Å². The minimum Gasteiger partial charge on any atom is -0.461 e. The Labute approximate surface area is 151 Å². The number of carbonyl (C=O) groups excluding carboxylic acids is 2. The van der Waals surface area contributed by atoms with E-state index in [1.54, 1.807) is 24.3 Å². The van der Waals surface area contributed by atoms with Gasteiger partial charge in [-0.3, -0.25) is 4.79 Å². The fraction of sp³-hybridized carbons (Fsp3) is 0.389. The van der Waals surface area contributed by atoms with Crippen molar-refractivity contribution in [2.75, 3.05) is 26.9 Å². The molecule has 0 aliphatic rings. The Kier molecular flexibility index (Phi) is 7.09. The number of aromatic nitrogens is 1. The zero-order valence-electron chi connectivity index (χ0n) is 14.7. The van der Waals surface area contributed by atoms with Gasteiger partial charge in [0, 0.05) is 24.6 Å². The summed E-state index contributed by atoms with van der Waals surface area (Å²) >= 11 is 1.33. The molecular weight excluding hydrogens is 340 g/mol. The number of esters is 1. The highest BCUT2D eigenvalue weighted by molar-refractivity contribution is 7.09. The number of hydrogen-bond donors (Lipinski definition) is 0. The smallest absolute Gasteiger partial charge is 0.357 e. The first-order valence-electron chi connectivity index (χ1n) is 8.01. The molecule has 0 radical (unpaired) electrons. The topological polar surface area (TPSA) is 68.7 Å². The van der Waals surface area contributed by atoms with Gasteiger partial charge in [0.15, 0.2) is 5.69 Å². The molecule has 2 rings (SSSR count). The number of methoxy groups -OCH3 is 1. The molecule has 0 bridgehead atoms. The van der Waals surface area contributed by atoms with Crippen LogP contribution in [0.3, 0.4) is 0 Å². The molecule has 0 spiro atoms. The molecule has 1 aromatic heterocycles. The first-order chi connectivity index (χ1) is 12.0. The summed E-state index contributed by atoms with van der Waals surface area (Å²) in [7, 11) is 1.59. The highest BCUT2D eigenvalue weighted by Crippen LogP contribution is 2.16.